The minimum atomic E-state index is -0.441. The molecule has 1 aliphatic rings. The molecule has 1 aromatic rings. The number of hydrogen-bond acceptors (Lipinski definition) is 4. The lowest BCUT2D eigenvalue weighted by Crippen LogP contribution is -2.40. The van der Waals surface area contributed by atoms with Crippen LogP contribution in [-0.2, 0) is 11.3 Å². The van der Waals surface area contributed by atoms with Gasteiger partial charge in [0.25, 0.3) is 0 Å². The number of carbonyl (C=O) groups excluding carboxylic acids is 1. The van der Waals surface area contributed by atoms with Crippen LogP contribution < -0.4 is 10.6 Å². The number of ether oxygens (including phenoxy) is 1. The van der Waals surface area contributed by atoms with E-state index < -0.39 is 5.60 Å². The Hall–Kier alpha value is -0.590. The van der Waals surface area contributed by atoms with E-state index in [9.17, 15) is 4.79 Å². The summed E-state index contributed by atoms with van der Waals surface area (Å²) in [6, 6.07) is 2.62. The molecule has 2 atom stereocenters. The highest BCUT2D eigenvalue weighted by atomic mass is 79.9. The zero-order valence-electron chi connectivity index (χ0n) is 13.4. The average molecular weight is 389 g/mol. The van der Waals surface area contributed by atoms with Gasteiger partial charge in [0.1, 0.15) is 5.60 Å². The van der Waals surface area contributed by atoms with Crippen molar-refractivity contribution in [1.82, 2.24) is 10.6 Å². The van der Waals surface area contributed by atoms with Crippen molar-refractivity contribution in [2.45, 2.75) is 58.2 Å². The summed E-state index contributed by atoms with van der Waals surface area (Å²) in [5, 5.41) is 8.70. The van der Waals surface area contributed by atoms with Gasteiger partial charge in [-0.2, -0.15) is 0 Å². The van der Waals surface area contributed by atoms with Gasteiger partial charge in [-0.25, -0.2) is 4.79 Å². The summed E-state index contributed by atoms with van der Waals surface area (Å²) >= 11 is 5.20. The molecule has 6 heteroatoms. The standard InChI is InChI=1S/C16H25BrN2O2S/c1-16(2,3)21-15(20)19-9-12-5-4-6-13(12)18-8-11-7-14(17)22-10-11/h7,10,12-13,18H,4-6,8-9H2,1-3H3,(H,19,20). The Morgan fingerprint density at radius 3 is 2.86 bits per heavy atom. The van der Waals surface area contributed by atoms with Crippen LogP contribution in [0.15, 0.2) is 15.2 Å². The van der Waals surface area contributed by atoms with Gasteiger partial charge in [-0.15, -0.1) is 11.3 Å². The van der Waals surface area contributed by atoms with E-state index in [1.165, 1.54) is 22.2 Å². The zero-order chi connectivity index (χ0) is 16.2. The molecule has 1 aromatic heterocycles. The highest BCUT2D eigenvalue weighted by Gasteiger charge is 2.27. The fourth-order valence-corrected chi connectivity index (χ4v) is 3.98. The van der Waals surface area contributed by atoms with Crippen LogP contribution in [0.1, 0.15) is 45.6 Å². The molecule has 1 heterocycles. The Morgan fingerprint density at radius 2 is 2.23 bits per heavy atom. The van der Waals surface area contributed by atoms with Crippen LogP contribution in [0.4, 0.5) is 4.79 Å². The molecule has 124 valence electrons. The Bertz CT molecular complexity index is 499. The van der Waals surface area contributed by atoms with E-state index >= 15 is 0 Å². The quantitative estimate of drug-likeness (QED) is 0.790. The maximum Gasteiger partial charge on any atom is 0.407 e. The fourth-order valence-electron chi connectivity index (χ4n) is 2.77. The van der Waals surface area contributed by atoms with Gasteiger partial charge in [0.15, 0.2) is 0 Å². The second kappa shape index (κ2) is 7.79. The van der Waals surface area contributed by atoms with E-state index in [0.717, 1.165) is 13.0 Å². The minimum absolute atomic E-state index is 0.320. The SMILES string of the molecule is CC(C)(C)OC(=O)NCC1CCCC1NCc1csc(Br)c1. The number of amides is 1. The Morgan fingerprint density at radius 1 is 1.45 bits per heavy atom. The number of alkyl carbamates (subject to hydrolysis) is 1. The van der Waals surface area contributed by atoms with Crippen molar-refractivity contribution < 1.29 is 9.53 Å². The molecular formula is C16H25BrN2O2S. The average Bonchev–Trinajstić information content (AvgIpc) is 3.00. The van der Waals surface area contributed by atoms with E-state index in [4.69, 9.17) is 4.74 Å². The first kappa shape index (κ1) is 17.8. The maximum atomic E-state index is 11.7. The lowest BCUT2D eigenvalue weighted by molar-refractivity contribution is 0.0517. The molecule has 2 unspecified atom stereocenters. The van der Waals surface area contributed by atoms with Gasteiger partial charge in [0.05, 0.1) is 3.79 Å². The lowest BCUT2D eigenvalue weighted by atomic mass is 10.0. The first-order valence-corrected chi connectivity index (χ1v) is 9.44. The Labute approximate surface area is 145 Å². The maximum absolute atomic E-state index is 11.7. The third kappa shape index (κ3) is 5.89. The van der Waals surface area contributed by atoms with Crippen molar-refractivity contribution in [2.75, 3.05) is 6.54 Å². The fraction of sp³-hybridized carbons (Fsp3) is 0.688. The van der Waals surface area contributed by atoms with Gasteiger partial charge >= 0.3 is 6.09 Å². The van der Waals surface area contributed by atoms with Crippen molar-refractivity contribution in [3.8, 4) is 0 Å². The summed E-state index contributed by atoms with van der Waals surface area (Å²) in [5.74, 6) is 0.481. The van der Waals surface area contributed by atoms with Gasteiger partial charge in [-0.3, -0.25) is 0 Å². The minimum Gasteiger partial charge on any atom is -0.444 e. The van der Waals surface area contributed by atoms with E-state index in [2.05, 4.69) is 38.0 Å². The molecule has 1 aliphatic carbocycles. The van der Waals surface area contributed by atoms with Gasteiger partial charge < -0.3 is 15.4 Å². The molecule has 0 bridgehead atoms. The number of halogens is 1. The van der Waals surface area contributed by atoms with Crippen LogP contribution in [0, 0.1) is 5.92 Å². The van der Waals surface area contributed by atoms with E-state index in [0.29, 0.717) is 18.5 Å². The Balaban J connectivity index is 1.74. The molecule has 0 radical (unpaired) electrons. The summed E-state index contributed by atoms with van der Waals surface area (Å²) < 4.78 is 6.46. The highest BCUT2D eigenvalue weighted by Crippen LogP contribution is 2.26. The van der Waals surface area contributed by atoms with Gasteiger partial charge in [0, 0.05) is 19.1 Å². The van der Waals surface area contributed by atoms with E-state index in [-0.39, 0.29) is 6.09 Å². The van der Waals surface area contributed by atoms with Crippen LogP contribution in [0.3, 0.4) is 0 Å². The topological polar surface area (TPSA) is 50.4 Å². The molecule has 0 spiro atoms. The summed E-state index contributed by atoms with van der Waals surface area (Å²) in [7, 11) is 0. The van der Waals surface area contributed by atoms with Crippen molar-refractivity contribution in [3.63, 3.8) is 0 Å². The van der Waals surface area contributed by atoms with Crippen LogP contribution >= 0.6 is 27.3 Å². The number of hydrogen-bond donors (Lipinski definition) is 2. The Kier molecular flexibility index (Phi) is 6.29. The lowest BCUT2D eigenvalue weighted by Gasteiger charge is -2.23. The van der Waals surface area contributed by atoms with Gasteiger partial charge in [-0.1, -0.05) is 6.42 Å². The van der Waals surface area contributed by atoms with Crippen LogP contribution in [0.25, 0.3) is 0 Å². The second-order valence-electron chi connectivity index (χ2n) is 6.82. The normalized spacial score (nSPS) is 21.8. The summed E-state index contributed by atoms with van der Waals surface area (Å²) in [6.45, 7) is 7.21. The summed E-state index contributed by atoms with van der Waals surface area (Å²) in [4.78, 5) is 11.7. The largest absolute Gasteiger partial charge is 0.444 e. The molecule has 0 saturated heterocycles. The second-order valence-corrected chi connectivity index (χ2v) is 9.11. The van der Waals surface area contributed by atoms with Crippen molar-refractivity contribution in [2.24, 2.45) is 5.92 Å². The van der Waals surface area contributed by atoms with Crippen LogP contribution in [0.5, 0.6) is 0 Å². The zero-order valence-corrected chi connectivity index (χ0v) is 15.9. The van der Waals surface area contributed by atoms with Crippen LogP contribution in [-0.4, -0.2) is 24.3 Å². The molecular weight excluding hydrogens is 364 g/mol. The molecule has 2 rings (SSSR count). The number of thiophene rings is 1. The van der Waals surface area contributed by atoms with E-state index in [1.807, 2.05) is 20.8 Å². The summed E-state index contributed by atoms with van der Waals surface area (Å²) in [6.07, 6.45) is 3.22. The molecule has 4 nitrogen and oxygen atoms in total. The molecule has 22 heavy (non-hydrogen) atoms. The third-order valence-corrected chi connectivity index (χ3v) is 5.31. The monoisotopic (exact) mass is 388 g/mol. The third-order valence-electron chi connectivity index (χ3n) is 3.76. The highest BCUT2D eigenvalue weighted by molar-refractivity contribution is 9.11. The van der Waals surface area contributed by atoms with Gasteiger partial charge in [0.2, 0.25) is 0 Å². The molecule has 0 aliphatic heterocycles. The van der Waals surface area contributed by atoms with Crippen molar-refractivity contribution in [1.29, 1.82) is 0 Å². The van der Waals surface area contributed by atoms with Crippen LogP contribution in [0.2, 0.25) is 0 Å². The molecule has 0 aromatic carbocycles. The van der Waals surface area contributed by atoms with Gasteiger partial charge in [-0.05, 0) is 72.5 Å². The molecule has 2 N–H and O–H groups in total. The van der Waals surface area contributed by atoms with Crippen molar-refractivity contribution >= 4 is 33.4 Å². The number of carbonyl (C=O) groups is 1. The first-order valence-electron chi connectivity index (χ1n) is 7.76. The summed E-state index contributed by atoms with van der Waals surface area (Å²) in [5.41, 5.74) is 0.867. The molecule has 1 amide bonds. The first-order chi connectivity index (χ1) is 10.3. The molecule has 1 fully saturated rings. The van der Waals surface area contributed by atoms with Crippen molar-refractivity contribution in [3.05, 3.63) is 20.8 Å². The number of rotatable bonds is 5. The number of nitrogens with one attached hydrogen (secondary N) is 2. The molecule has 1 saturated carbocycles. The smallest absolute Gasteiger partial charge is 0.407 e. The predicted octanol–water partition coefficient (Wildman–Crippen LogP) is 4.29. The van der Waals surface area contributed by atoms with E-state index in [1.54, 1.807) is 11.3 Å². The predicted molar refractivity (Wildman–Crippen MR) is 94.2 cm³/mol.